The first kappa shape index (κ1) is 18.5. The van der Waals surface area contributed by atoms with Gasteiger partial charge in [-0.25, -0.2) is 13.2 Å². The number of halogens is 3. The average molecular weight is 406 g/mol. The highest BCUT2D eigenvalue weighted by Gasteiger charge is 2.29. The van der Waals surface area contributed by atoms with Crippen LogP contribution in [0.15, 0.2) is 66.9 Å². The maximum absolute atomic E-state index is 14.0. The summed E-state index contributed by atoms with van der Waals surface area (Å²) in [6, 6.07) is 17.5. The number of carbonyl (C=O) groups is 1. The molecule has 1 amide bonds. The van der Waals surface area contributed by atoms with Crippen molar-refractivity contribution in [2.45, 2.75) is 18.9 Å². The molecule has 0 unspecified atom stereocenters. The molecule has 0 spiro atoms. The molecule has 150 valence electrons. The SMILES string of the molecule is O=C1C[C@@H](c2cc(F)c(F)c(F)c2)c2cn(Cc3ccccc3)c3cccc(c23)N1. The zero-order valence-electron chi connectivity index (χ0n) is 15.8. The first-order chi connectivity index (χ1) is 14.5. The van der Waals surface area contributed by atoms with E-state index in [9.17, 15) is 18.0 Å². The van der Waals surface area contributed by atoms with Crippen LogP contribution in [0.25, 0.3) is 10.9 Å². The van der Waals surface area contributed by atoms with E-state index in [1.54, 1.807) is 0 Å². The van der Waals surface area contributed by atoms with Crippen LogP contribution in [0.3, 0.4) is 0 Å². The lowest BCUT2D eigenvalue weighted by molar-refractivity contribution is -0.116. The Morgan fingerprint density at radius 2 is 1.70 bits per heavy atom. The Bertz CT molecular complexity index is 1260. The zero-order valence-corrected chi connectivity index (χ0v) is 15.8. The van der Waals surface area contributed by atoms with E-state index in [1.165, 1.54) is 0 Å². The number of nitrogens with one attached hydrogen (secondary N) is 1. The number of rotatable bonds is 3. The van der Waals surface area contributed by atoms with Crippen molar-refractivity contribution in [2.75, 3.05) is 5.32 Å². The van der Waals surface area contributed by atoms with Gasteiger partial charge in [-0.2, -0.15) is 0 Å². The third kappa shape index (κ3) is 3.05. The molecule has 0 radical (unpaired) electrons. The van der Waals surface area contributed by atoms with E-state index in [2.05, 4.69) is 9.88 Å². The molecule has 1 aliphatic heterocycles. The minimum absolute atomic E-state index is 0.00361. The summed E-state index contributed by atoms with van der Waals surface area (Å²) in [5.41, 5.74) is 3.67. The molecule has 0 fully saturated rings. The molecule has 4 aromatic rings. The number of aromatic nitrogens is 1. The fourth-order valence-electron chi connectivity index (χ4n) is 4.23. The molecule has 30 heavy (non-hydrogen) atoms. The molecule has 0 bridgehead atoms. The molecular formula is C24H17F3N2O. The topological polar surface area (TPSA) is 34.0 Å². The summed E-state index contributed by atoms with van der Waals surface area (Å²) in [5, 5.41) is 3.72. The van der Waals surface area contributed by atoms with Crippen molar-refractivity contribution in [3.8, 4) is 0 Å². The van der Waals surface area contributed by atoms with E-state index in [4.69, 9.17) is 0 Å². The van der Waals surface area contributed by atoms with Crippen LogP contribution in [0.5, 0.6) is 0 Å². The second-order valence-electron chi connectivity index (χ2n) is 7.50. The Morgan fingerprint density at radius 3 is 2.43 bits per heavy atom. The first-order valence-electron chi connectivity index (χ1n) is 9.61. The molecule has 0 saturated carbocycles. The van der Waals surface area contributed by atoms with Gasteiger partial charge in [-0.15, -0.1) is 0 Å². The normalized spacial score (nSPS) is 15.8. The standard InChI is InChI=1S/C24H17F3N2O/c25-18-9-15(10-19(26)24(18)27)16-11-22(30)28-20-7-4-8-21-23(20)17(16)13-29(21)12-14-5-2-1-3-6-14/h1-10,13,16H,11-12H2,(H,28,30)/t16-/m0/s1. The summed E-state index contributed by atoms with van der Waals surface area (Å²) >= 11 is 0. The molecule has 3 nitrogen and oxygen atoms in total. The van der Waals surface area contributed by atoms with Gasteiger partial charge in [0.1, 0.15) is 0 Å². The summed E-state index contributed by atoms with van der Waals surface area (Å²) in [7, 11) is 0. The van der Waals surface area contributed by atoms with Crippen LogP contribution in [0.1, 0.15) is 29.0 Å². The molecular weight excluding hydrogens is 389 g/mol. The van der Waals surface area contributed by atoms with Gasteiger partial charge < -0.3 is 9.88 Å². The number of amides is 1. The summed E-state index contributed by atoms with van der Waals surface area (Å²) < 4.78 is 43.5. The van der Waals surface area contributed by atoms with Crippen molar-refractivity contribution in [2.24, 2.45) is 0 Å². The maximum atomic E-state index is 14.0. The molecule has 1 aliphatic rings. The van der Waals surface area contributed by atoms with Crippen LogP contribution in [0.4, 0.5) is 18.9 Å². The van der Waals surface area contributed by atoms with E-state index in [1.807, 2.05) is 54.7 Å². The summed E-state index contributed by atoms with van der Waals surface area (Å²) in [6.07, 6.45) is 1.93. The molecule has 5 rings (SSSR count). The third-order valence-electron chi connectivity index (χ3n) is 5.58. The zero-order chi connectivity index (χ0) is 20.8. The lowest BCUT2D eigenvalue weighted by atomic mass is 9.88. The van der Waals surface area contributed by atoms with Crippen LogP contribution in [0, 0.1) is 17.5 Å². The second-order valence-corrected chi connectivity index (χ2v) is 7.50. The molecule has 1 aromatic heterocycles. The van der Waals surface area contributed by atoms with E-state index in [-0.39, 0.29) is 17.9 Å². The van der Waals surface area contributed by atoms with Crippen LogP contribution < -0.4 is 5.32 Å². The predicted octanol–water partition coefficient (Wildman–Crippen LogP) is 5.58. The van der Waals surface area contributed by atoms with Crippen LogP contribution >= 0.6 is 0 Å². The Labute approximate surface area is 170 Å². The van der Waals surface area contributed by atoms with Crippen molar-refractivity contribution < 1.29 is 18.0 Å². The highest BCUT2D eigenvalue weighted by Crippen LogP contribution is 2.41. The quantitative estimate of drug-likeness (QED) is 0.443. The van der Waals surface area contributed by atoms with Crippen molar-refractivity contribution in [3.05, 3.63) is 101 Å². The third-order valence-corrected chi connectivity index (χ3v) is 5.58. The van der Waals surface area contributed by atoms with Gasteiger partial charge in [0, 0.05) is 30.5 Å². The predicted molar refractivity (Wildman–Crippen MR) is 109 cm³/mol. The second kappa shape index (κ2) is 7.06. The number of hydrogen-bond acceptors (Lipinski definition) is 1. The monoisotopic (exact) mass is 406 g/mol. The Kier molecular flexibility index (Phi) is 4.35. The van der Waals surface area contributed by atoms with Gasteiger partial charge in [-0.05, 0) is 41.0 Å². The van der Waals surface area contributed by atoms with Gasteiger partial charge in [-0.3, -0.25) is 4.79 Å². The number of carbonyl (C=O) groups excluding carboxylic acids is 1. The summed E-state index contributed by atoms with van der Waals surface area (Å²) in [5.74, 6) is -4.89. The van der Waals surface area contributed by atoms with Gasteiger partial charge in [0.25, 0.3) is 0 Å². The minimum atomic E-state index is -1.51. The lowest BCUT2D eigenvalue weighted by Crippen LogP contribution is -2.14. The Hall–Kier alpha value is -3.54. The molecule has 0 saturated heterocycles. The van der Waals surface area contributed by atoms with E-state index >= 15 is 0 Å². The van der Waals surface area contributed by atoms with Gasteiger partial charge in [-0.1, -0.05) is 36.4 Å². The van der Waals surface area contributed by atoms with Crippen LogP contribution in [-0.4, -0.2) is 10.5 Å². The van der Waals surface area contributed by atoms with Crippen LogP contribution in [-0.2, 0) is 11.3 Å². The largest absolute Gasteiger partial charge is 0.343 e. The van der Waals surface area contributed by atoms with Crippen molar-refractivity contribution in [3.63, 3.8) is 0 Å². The lowest BCUT2D eigenvalue weighted by Gasteiger charge is -2.15. The molecule has 1 atom stereocenters. The van der Waals surface area contributed by atoms with Gasteiger partial charge >= 0.3 is 0 Å². The fourth-order valence-corrected chi connectivity index (χ4v) is 4.23. The smallest absolute Gasteiger partial charge is 0.225 e. The van der Waals surface area contributed by atoms with Crippen molar-refractivity contribution >= 4 is 22.5 Å². The average Bonchev–Trinajstić information content (AvgIpc) is 3.02. The number of benzene rings is 3. The molecule has 6 heteroatoms. The van der Waals surface area contributed by atoms with Crippen molar-refractivity contribution in [1.82, 2.24) is 4.57 Å². The number of anilines is 1. The highest BCUT2D eigenvalue weighted by molar-refractivity contribution is 6.06. The Balaban J connectivity index is 1.71. The molecule has 2 heterocycles. The van der Waals surface area contributed by atoms with E-state index < -0.39 is 23.4 Å². The molecule has 0 aliphatic carbocycles. The number of nitrogens with zero attached hydrogens (tertiary/aromatic N) is 1. The highest BCUT2D eigenvalue weighted by atomic mass is 19.2. The maximum Gasteiger partial charge on any atom is 0.225 e. The van der Waals surface area contributed by atoms with Crippen LogP contribution in [0.2, 0.25) is 0 Å². The van der Waals surface area contributed by atoms with Gasteiger partial charge in [0.2, 0.25) is 5.91 Å². The Morgan fingerprint density at radius 1 is 0.967 bits per heavy atom. The summed E-state index contributed by atoms with van der Waals surface area (Å²) in [4.78, 5) is 12.5. The summed E-state index contributed by atoms with van der Waals surface area (Å²) in [6.45, 7) is 0.605. The molecule has 1 N–H and O–H groups in total. The van der Waals surface area contributed by atoms with E-state index in [0.717, 1.165) is 34.2 Å². The molecule has 3 aromatic carbocycles. The van der Waals surface area contributed by atoms with Gasteiger partial charge in [0.15, 0.2) is 17.5 Å². The van der Waals surface area contributed by atoms with E-state index in [0.29, 0.717) is 12.2 Å². The fraction of sp³-hybridized carbons (Fsp3) is 0.125. The minimum Gasteiger partial charge on any atom is -0.343 e. The first-order valence-corrected chi connectivity index (χ1v) is 9.61. The number of hydrogen-bond donors (Lipinski definition) is 1. The van der Waals surface area contributed by atoms with Gasteiger partial charge in [0.05, 0.1) is 11.2 Å². The van der Waals surface area contributed by atoms with Crippen molar-refractivity contribution in [1.29, 1.82) is 0 Å².